The van der Waals surface area contributed by atoms with Crippen molar-refractivity contribution in [2.45, 2.75) is 45.3 Å². The van der Waals surface area contributed by atoms with Gasteiger partial charge in [0.1, 0.15) is 5.82 Å². The Morgan fingerprint density at radius 3 is 2.03 bits per heavy atom. The van der Waals surface area contributed by atoms with Gasteiger partial charge in [0.2, 0.25) is 0 Å². The molecule has 0 unspecified atom stereocenters. The Labute approximate surface area is 214 Å². The molecule has 1 heterocycles. The summed E-state index contributed by atoms with van der Waals surface area (Å²) in [7, 11) is 5.56. The van der Waals surface area contributed by atoms with Crippen LogP contribution in [0.15, 0.2) is 102 Å². The number of aromatic nitrogens is 2. The van der Waals surface area contributed by atoms with E-state index in [0.29, 0.717) is 5.92 Å². The Hall–Kier alpha value is -2.85. The normalized spacial score (nSPS) is 10.9. The van der Waals surface area contributed by atoms with Gasteiger partial charge in [-0.05, 0) is 66.6 Å². The van der Waals surface area contributed by atoms with Crippen molar-refractivity contribution in [3.8, 4) is 0 Å². The molecule has 0 spiro atoms. The maximum absolute atomic E-state index is 5.56. The Morgan fingerprint density at radius 2 is 1.50 bits per heavy atom. The van der Waals surface area contributed by atoms with E-state index in [-0.39, 0.29) is 0 Å². The average Bonchev–Trinajstić information content (AvgIpc) is 3.36. The van der Waals surface area contributed by atoms with Crippen molar-refractivity contribution in [3.63, 3.8) is 0 Å². The first-order chi connectivity index (χ1) is 16.6. The van der Waals surface area contributed by atoms with E-state index in [2.05, 4.69) is 113 Å². The topological polar surface area (TPSA) is 28.7 Å². The predicted molar refractivity (Wildman–Crippen MR) is 149 cm³/mol. The maximum atomic E-state index is 5.56. The van der Waals surface area contributed by atoms with Crippen molar-refractivity contribution in [1.82, 2.24) is 9.97 Å². The van der Waals surface area contributed by atoms with Crippen LogP contribution in [-0.4, -0.2) is 17.8 Å². The van der Waals surface area contributed by atoms with Gasteiger partial charge < -0.3 is 4.98 Å². The fourth-order valence-corrected chi connectivity index (χ4v) is 4.28. The van der Waals surface area contributed by atoms with E-state index in [0.717, 1.165) is 35.9 Å². The molecule has 0 aliphatic carbocycles. The van der Waals surface area contributed by atoms with Crippen molar-refractivity contribution in [2.75, 3.05) is 0 Å². The van der Waals surface area contributed by atoms with Gasteiger partial charge in [-0.1, -0.05) is 95.1 Å². The molecule has 0 fully saturated rings. The van der Waals surface area contributed by atoms with Crippen LogP contribution in [0.4, 0.5) is 0 Å². The van der Waals surface area contributed by atoms with Gasteiger partial charge in [-0.2, -0.15) is 0 Å². The Kier molecular flexibility index (Phi) is 10.4. The number of halogens is 1. The second-order valence-corrected chi connectivity index (χ2v) is 9.31. The van der Waals surface area contributed by atoms with Crippen molar-refractivity contribution >= 4 is 23.8 Å². The molecule has 3 aromatic carbocycles. The number of hydrogen-bond acceptors (Lipinski definition) is 1. The smallest absolute Gasteiger partial charge is 0.110 e. The highest BCUT2D eigenvalue weighted by Crippen LogP contribution is 2.32. The van der Waals surface area contributed by atoms with E-state index in [1.807, 2.05) is 18.3 Å². The summed E-state index contributed by atoms with van der Waals surface area (Å²) in [6.07, 6.45) is 11.6. The molecule has 1 aromatic heterocycles. The number of hydrogen-bond donors (Lipinski definition) is 1. The van der Waals surface area contributed by atoms with E-state index >= 15 is 0 Å². The number of aryl methyl sites for hydroxylation is 2. The highest BCUT2D eigenvalue weighted by atomic mass is 79.9. The third kappa shape index (κ3) is 7.88. The van der Waals surface area contributed by atoms with Crippen LogP contribution in [0.2, 0.25) is 6.32 Å². The molecule has 4 aromatic rings. The molecule has 0 aliphatic heterocycles. The molecule has 0 amide bonds. The van der Waals surface area contributed by atoms with Crippen molar-refractivity contribution in [1.29, 1.82) is 0 Å². The van der Waals surface area contributed by atoms with E-state index in [9.17, 15) is 0 Å². The van der Waals surface area contributed by atoms with Crippen LogP contribution >= 0.6 is 15.9 Å². The molecule has 2 nitrogen and oxygen atoms in total. The predicted octanol–water partition coefficient (Wildman–Crippen LogP) is 8.12. The van der Waals surface area contributed by atoms with Crippen LogP contribution in [0.1, 0.15) is 52.4 Å². The highest BCUT2D eigenvalue weighted by Gasteiger charge is 2.16. The van der Waals surface area contributed by atoms with Gasteiger partial charge in [-0.15, -0.1) is 0 Å². The summed E-state index contributed by atoms with van der Waals surface area (Å²) in [6, 6.07) is 25.7. The SMILES string of the molecule is Brc1ccc(Cc2ncc[nH]2)cc1.[B]CCC=CCC(c1ccccc1C)c1ccccc1C. The summed E-state index contributed by atoms with van der Waals surface area (Å²) in [5.74, 6) is 1.42. The first-order valence-electron chi connectivity index (χ1n) is 11.8. The number of nitrogens with one attached hydrogen (secondary N) is 1. The molecule has 4 heteroatoms. The zero-order valence-corrected chi connectivity index (χ0v) is 21.6. The molecule has 4 rings (SSSR count). The fourth-order valence-electron chi connectivity index (χ4n) is 4.01. The molecule has 0 saturated carbocycles. The van der Waals surface area contributed by atoms with Gasteiger partial charge in [-0.25, -0.2) is 4.98 Å². The van der Waals surface area contributed by atoms with Crippen molar-refractivity contribution in [2.24, 2.45) is 0 Å². The Morgan fingerprint density at radius 1 is 0.882 bits per heavy atom. The summed E-state index contributed by atoms with van der Waals surface area (Å²) in [5, 5.41) is 0. The lowest BCUT2D eigenvalue weighted by Gasteiger charge is -2.20. The van der Waals surface area contributed by atoms with Gasteiger partial charge >= 0.3 is 0 Å². The summed E-state index contributed by atoms with van der Waals surface area (Å²) in [6.45, 7) is 4.40. The number of aromatic amines is 1. The minimum absolute atomic E-state index is 0.418. The lowest BCUT2D eigenvalue weighted by Crippen LogP contribution is -2.04. The first kappa shape index (κ1) is 25.8. The van der Waals surface area contributed by atoms with E-state index in [1.165, 1.54) is 27.8 Å². The number of H-pyrrole nitrogens is 1. The molecular formula is C30H32BBrN2. The van der Waals surface area contributed by atoms with Crippen LogP contribution in [0.25, 0.3) is 0 Å². The molecule has 34 heavy (non-hydrogen) atoms. The third-order valence-electron chi connectivity index (χ3n) is 5.84. The minimum Gasteiger partial charge on any atom is -0.348 e. The average molecular weight is 511 g/mol. The number of rotatable bonds is 8. The van der Waals surface area contributed by atoms with Gasteiger partial charge in [0.15, 0.2) is 0 Å². The zero-order valence-electron chi connectivity index (χ0n) is 20.0. The third-order valence-corrected chi connectivity index (χ3v) is 6.37. The monoisotopic (exact) mass is 510 g/mol. The van der Waals surface area contributed by atoms with Crippen molar-refractivity contribution < 1.29 is 0 Å². The molecule has 2 radical (unpaired) electrons. The molecule has 0 saturated heterocycles. The fraction of sp³-hybridized carbons (Fsp3) is 0.233. The lowest BCUT2D eigenvalue weighted by atomic mass is 9.84. The Balaban J connectivity index is 0.000000212. The standard InChI is InChI=1S/C20H23B.C10H9BrN2/c1-16-10-5-7-12-18(16)20(14-4-3-9-15-21)19-13-8-6-11-17(19)2;11-9-3-1-8(2-4-9)7-10-12-5-6-13-10/h3-8,10-13,20H,9,14-15H2,1-2H3;1-6H,7H2,(H,12,13). The van der Waals surface area contributed by atoms with Gasteiger partial charge in [-0.3, -0.25) is 0 Å². The van der Waals surface area contributed by atoms with Gasteiger partial charge in [0, 0.05) is 29.2 Å². The van der Waals surface area contributed by atoms with Gasteiger partial charge in [0.25, 0.3) is 0 Å². The number of nitrogens with zero attached hydrogens (tertiary/aromatic N) is 1. The van der Waals surface area contributed by atoms with E-state index in [1.54, 1.807) is 6.20 Å². The molecule has 0 bridgehead atoms. The van der Waals surface area contributed by atoms with Crippen LogP contribution < -0.4 is 0 Å². The Bertz CT molecular complexity index is 1110. The first-order valence-corrected chi connectivity index (χ1v) is 12.6. The molecule has 1 N–H and O–H groups in total. The van der Waals surface area contributed by atoms with Gasteiger partial charge in [0.05, 0.1) is 7.85 Å². The second kappa shape index (κ2) is 13.8. The minimum atomic E-state index is 0.418. The van der Waals surface area contributed by atoms with E-state index < -0.39 is 0 Å². The van der Waals surface area contributed by atoms with Crippen LogP contribution in [0, 0.1) is 13.8 Å². The highest BCUT2D eigenvalue weighted by molar-refractivity contribution is 9.10. The zero-order chi connectivity index (χ0) is 24.2. The summed E-state index contributed by atoms with van der Waals surface area (Å²) >= 11 is 3.40. The second-order valence-electron chi connectivity index (χ2n) is 8.39. The van der Waals surface area contributed by atoms with Crippen LogP contribution in [0.5, 0.6) is 0 Å². The summed E-state index contributed by atoms with van der Waals surface area (Å²) in [5.41, 5.74) is 6.82. The maximum Gasteiger partial charge on any atom is 0.110 e. The molecule has 0 atom stereocenters. The van der Waals surface area contributed by atoms with Crippen molar-refractivity contribution in [3.05, 3.63) is 135 Å². The molecule has 0 aliphatic rings. The lowest BCUT2D eigenvalue weighted by molar-refractivity contribution is 0.811. The van der Waals surface area contributed by atoms with Crippen LogP contribution in [0.3, 0.4) is 0 Å². The molecular weight excluding hydrogens is 479 g/mol. The quantitative estimate of drug-likeness (QED) is 0.188. The number of benzene rings is 3. The largest absolute Gasteiger partial charge is 0.348 e. The summed E-state index contributed by atoms with van der Waals surface area (Å²) in [4.78, 5) is 7.24. The number of allylic oxidation sites excluding steroid dienone is 2. The van der Waals surface area contributed by atoms with E-state index in [4.69, 9.17) is 7.85 Å². The molecule has 172 valence electrons. The number of imidazole rings is 1. The van der Waals surface area contributed by atoms with Crippen LogP contribution in [-0.2, 0) is 6.42 Å². The summed E-state index contributed by atoms with van der Waals surface area (Å²) < 4.78 is 1.11.